The minimum atomic E-state index is -0.252. The number of carbonyl (C=O) groups is 1. The van der Waals surface area contributed by atoms with E-state index in [-0.39, 0.29) is 6.03 Å². The van der Waals surface area contributed by atoms with E-state index in [9.17, 15) is 4.79 Å². The van der Waals surface area contributed by atoms with E-state index in [1.807, 2.05) is 54.7 Å². The van der Waals surface area contributed by atoms with Crippen molar-refractivity contribution in [1.29, 1.82) is 0 Å². The minimum absolute atomic E-state index is 0.252. The van der Waals surface area contributed by atoms with Crippen molar-refractivity contribution in [2.24, 2.45) is 0 Å². The summed E-state index contributed by atoms with van der Waals surface area (Å²) in [6.45, 7) is 2.49. The van der Waals surface area contributed by atoms with Crippen LogP contribution in [0.15, 0.2) is 79.1 Å². The minimum Gasteiger partial charge on any atom is -0.334 e. The normalized spacial score (nSPS) is 10.7. The number of anilines is 1. The molecule has 4 nitrogen and oxygen atoms in total. The zero-order chi connectivity index (χ0) is 20.2. The maximum absolute atomic E-state index is 12.3. The molecule has 29 heavy (non-hydrogen) atoms. The third kappa shape index (κ3) is 4.55. The number of amides is 2. The molecule has 0 saturated heterocycles. The van der Waals surface area contributed by atoms with E-state index < -0.39 is 0 Å². The van der Waals surface area contributed by atoms with Crippen LogP contribution in [-0.4, -0.2) is 11.0 Å². The summed E-state index contributed by atoms with van der Waals surface area (Å²) in [5.74, 6) is 0. The van der Waals surface area contributed by atoms with Crippen LogP contribution in [0.2, 0.25) is 5.02 Å². The van der Waals surface area contributed by atoms with Crippen LogP contribution in [0.4, 0.5) is 10.5 Å². The number of nitrogens with zero attached hydrogens (tertiary/aromatic N) is 1. The van der Waals surface area contributed by atoms with Crippen molar-refractivity contribution < 1.29 is 4.79 Å². The molecule has 0 spiro atoms. The van der Waals surface area contributed by atoms with E-state index in [0.717, 1.165) is 38.7 Å². The second-order valence-electron chi connectivity index (χ2n) is 6.90. The summed E-state index contributed by atoms with van der Waals surface area (Å²) in [6, 6.07) is 21.4. The summed E-state index contributed by atoms with van der Waals surface area (Å²) in [6.07, 6.45) is 3.65. The number of benzene rings is 3. The number of urea groups is 1. The van der Waals surface area contributed by atoms with Crippen LogP contribution in [0.3, 0.4) is 0 Å². The first-order chi connectivity index (χ1) is 14.1. The number of aromatic nitrogens is 1. The Hall–Kier alpha value is -3.37. The predicted octanol–water partition coefficient (Wildman–Crippen LogP) is 6.19. The van der Waals surface area contributed by atoms with Gasteiger partial charge in [-0.3, -0.25) is 4.98 Å². The standard InChI is InChI=1S/C24H20ClN3O/c1-16-2-9-22(28-24(29)27-14-17-3-7-21(25)8-4-17)13-23(16)19-6-5-18-10-11-26-15-20(18)12-19/h2-13,15H,14H2,1H3,(H2,27,28,29). The van der Waals surface area contributed by atoms with Crippen molar-refractivity contribution in [3.63, 3.8) is 0 Å². The fourth-order valence-corrected chi connectivity index (χ4v) is 3.35. The molecule has 2 amide bonds. The summed E-state index contributed by atoms with van der Waals surface area (Å²) < 4.78 is 0. The fraction of sp³-hybridized carbons (Fsp3) is 0.0833. The largest absolute Gasteiger partial charge is 0.334 e. The number of carbonyl (C=O) groups excluding carboxylic acids is 1. The molecule has 4 aromatic rings. The molecule has 0 atom stereocenters. The van der Waals surface area contributed by atoms with Crippen LogP contribution in [0.1, 0.15) is 11.1 Å². The molecular weight excluding hydrogens is 382 g/mol. The van der Waals surface area contributed by atoms with Gasteiger partial charge in [-0.05, 0) is 71.0 Å². The van der Waals surface area contributed by atoms with Gasteiger partial charge in [0.25, 0.3) is 0 Å². The highest BCUT2D eigenvalue weighted by Crippen LogP contribution is 2.29. The maximum Gasteiger partial charge on any atom is 0.319 e. The van der Waals surface area contributed by atoms with Gasteiger partial charge in [0.15, 0.2) is 0 Å². The Balaban J connectivity index is 1.50. The van der Waals surface area contributed by atoms with E-state index >= 15 is 0 Å². The third-order valence-electron chi connectivity index (χ3n) is 4.81. The first-order valence-electron chi connectivity index (χ1n) is 9.32. The molecular formula is C24H20ClN3O. The number of nitrogens with one attached hydrogen (secondary N) is 2. The Morgan fingerprint density at radius 2 is 1.79 bits per heavy atom. The molecule has 0 unspecified atom stereocenters. The van der Waals surface area contributed by atoms with Gasteiger partial charge in [0.05, 0.1) is 0 Å². The number of aryl methyl sites for hydroxylation is 1. The molecule has 0 saturated carbocycles. The van der Waals surface area contributed by atoms with Crippen LogP contribution in [-0.2, 0) is 6.54 Å². The van der Waals surface area contributed by atoms with E-state index in [1.165, 1.54) is 0 Å². The van der Waals surface area contributed by atoms with Gasteiger partial charge in [0, 0.05) is 35.0 Å². The van der Waals surface area contributed by atoms with Gasteiger partial charge in [-0.2, -0.15) is 0 Å². The Morgan fingerprint density at radius 1 is 0.966 bits per heavy atom. The average Bonchev–Trinajstić information content (AvgIpc) is 2.74. The van der Waals surface area contributed by atoms with Crippen molar-refractivity contribution >= 4 is 34.1 Å². The predicted molar refractivity (Wildman–Crippen MR) is 119 cm³/mol. The average molecular weight is 402 g/mol. The highest BCUT2D eigenvalue weighted by atomic mass is 35.5. The number of hydrogen-bond donors (Lipinski definition) is 2. The van der Waals surface area contributed by atoms with Crippen LogP contribution in [0.5, 0.6) is 0 Å². The summed E-state index contributed by atoms with van der Waals surface area (Å²) in [5, 5.41) is 8.69. The highest BCUT2D eigenvalue weighted by Gasteiger charge is 2.07. The third-order valence-corrected chi connectivity index (χ3v) is 5.07. The van der Waals surface area contributed by atoms with Gasteiger partial charge in [0.1, 0.15) is 0 Å². The molecule has 0 aliphatic heterocycles. The Kier molecular flexibility index (Phi) is 5.45. The lowest BCUT2D eigenvalue weighted by molar-refractivity contribution is 0.251. The number of hydrogen-bond acceptors (Lipinski definition) is 2. The van der Waals surface area contributed by atoms with Gasteiger partial charge < -0.3 is 10.6 Å². The van der Waals surface area contributed by atoms with Gasteiger partial charge in [-0.15, -0.1) is 0 Å². The monoisotopic (exact) mass is 401 g/mol. The first kappa shape index (κ1) is 19.0. The van der Waals surface area contributed by atoms with Crippen molar-refractivity contribution in [3.8, 4) is 11.1 Å². The molecule has 2 N–H and O–H groups in total. The second-order valence-corrected chi connectivity index (χ2v) is 7.34. The SMILES string of the molecule is Cc1ccc(NC(=O)NCc2ccc(Cl)cc2)cc1-c1ccc2ccncc2c1. The summed E-state index contributed by atoms with van der Waals surface area (Å²) in [7, 11) is 0. The smallest absolute Gasteiger partial charge is 0.319 e. The Bertz CT molecular complexity index is 1170. The van der Waals surface area contributed by atoms with Gasteiger partial charge >= 0.3 is 6.03 Å². The summed E-state index contributed by atoms with van der Waals surface area (Å²) in [4.78, 5) is 16.5. The highest BCUT2D eigenvalue weighted by molar-refractivity contribution is 6.30. The molecule has 144 valence electrons. The van der Waals surface area contributed by atoms with Gasteiger partial charge in [0.2, 0.25) is 0 Å². The van der Waals surface area contributed by atoms with Crippen LogP contribution in [0, 0.1) is 6.92 Å². The molecule has 0 aliphatic carbocycles. The summed E-state index contributed by atoms with van der Waals surface area (Å²) >= 11 is 5.89. The van der Waals surface area contributed by atoms with Crippen LogP contribution in [0.25, 0.3) is 21.9 Å². The lowest BCUT2D eigenvalue weighted by Gasteiger charge is -2.12. The number of halogens is 1. The Morgan fingerprint density at radius 3 is 2.62 bits per heavy atom. The van der Waals surface area contributed by atoms with E-state index in [1.54, 1.807) is 6.20 Å². The zero-order valence-electron chi connectivity index (χ0n) is 15.9. The molecule has 3 aromatic carbocycles. The summed E-state index contributed by atoms with van der Waals surface area (Å²) in [5.41, 5.74) is 5.03. The van der Waals surface area contributed by atoms with Crippen LogP contribution < -0.4 is 10.6 Å². The van der Waals surface area contributed by atoms with E-state index in [0.29, 0.717) is 11.6 Å². The number of pyridine rings is 1. The lowest BCUT2D eigenvalue weighted by Crippen LogP contribution is -2.28. The lowest BCUT2D eigenvalue weighted by atomic mass is 9.98. The maximum atomic E-state index is 12.3. The molecule has 1 heterocycles. The number of fused-ring (bicyclic) bond motifs is 1. The second kappa shape index (κ2) is 8.33. The Labute approximate surface area is 174 Å². The van der Waals surface area contributed by atoms with Crippen molar-refractivity contribution in [1.82, 2.24) is 10.3 Å². The molecule has 0 bridgehead atoms. The molecule has 5 heteroatoms. The molecule has 1 aromatic heterocycles. The van der Waals surface area contributed by atoms with Gasteiger partial charge in [-0.1, -0.05) is 41.9 Å². The van der Waals surface area contributed by atoms with Gasteiger partial charge in [-0.25, -0.2) is 4.79 Å². The zero-order valence-corrected chi connectivity index (χ0v) is 16.7. The molecule has 0 aliphatic rings. The first-order valence-corrected chi connectivity index (χ1v) is 9.70. The quantitative estimate of drug-likeness (QED) is 0.428. The van der Waals surface area contributed by atoms with Crippen molar-refractivity contribution in [3.05, 3.63) is 95.3 Å². The molecule has 4 rings (SSSR count). The number of rotatable bonds is 4. The van der Waals surface area contributed by atoms with Crippen molar-refractivity contribution in [2.75, 3.05) is 5.32 Å². The topological polar surface area (TPSA) is 54.0 Å². The van der Waals surface area contributed by atoms with E-state index in [2.05, 4.69) is 40.7 Å². The molecule has 0 fully saturated rings. The molecule has 0 radical (unpaired) electrons. The van der Waals surface area contributed by atoms with Crippen molar-refractivity contribution in [2.45, 2.75) is 13.5 Å². The van der Waals surface area contributed by atoms with Crippen LogP contribution >= 0.6 is 11.6 Å². The van der Waals surface area contributed by atoms with E-state index in [4.69, 9.17) is 11.6 Å². The fourth-order valence-electron chi connectivity index (χ4n) is 3.22.